The Hall–Kier alpha value is -2.01. The van der Waals surface area contributed by atoms with Crippen molar-refractivity contribution < 1.29 is 13.5 Å². The van der Waals surface area contributed by atoms with Gasteiger partial charge in [-0.05, 0) is 30.7 Å². The SMILES string of the molecule is Cc1ccc(S(=O)(=O)N2C[C@@H](C)c3cccc(O)c32)cc1. The third-order valence-electron chi connectivity index (χ3n) is 3.87. The smallest absolute Gasteiger partial charge is 0.264 e. The lowest BCUT2D eigenvalue weighted by molar-refractivity contribution is 0.476. The minimum Gasteiger partial charge on any atom is -0.506 e. The zero-order valence-electron chi connectivity index (χ0n) is 11.9. The number of hydrogen-bond acceptors (Lipinski definition) is 3. The lowest BCUT2D eigenvalue weighted by atomic mass is 10.0. The lowest BCUT2D eigenvalue weighted by Gasteiger charge is -2.20. The highest BCUT2D eigenvalue weighted by atomic mass is 32.2. The molecule has 2 aromatic carbocycles. The van der Waals surface area contributed by atoms with Gasteiger partial charge in [0, 0.05) is 12.5 Å². The summed E-state index contributed by atoms with van der Waals surface area (Å²) in [4.78, 5) is 0.247. The summed E-state index contributed by atoms with van der Waals surface area (Å²) in [5.74, 6) is 0.0693. The summed E-state index contributed by atoms with van der Waals surface area (Å²) in [7, 11) is -3.65. The number of aromatic hydroxyl groups is 1. The molecule has 5 heteroatoms. The maximum atomic E-state index is 12.8. The molecule has 0 bridgehead atoms. The van der Waals surface area contributed by atoms with Gasteiger partial charge in [-0.25, -0.2) is 8.42 Å². The second-order valence-electron chi connectivity index (χ2n) is 5.47. The Morgan fingerprint density at radius 2 is 1.81 bits per heavy atom. The van der Waals surface area contributed by atoms with Crippen molar-refractivity contribution in [2.24, 2.45) is 0 Å². The van der Waals surface area contributed by atoms with Gasteiger partial charge in [0.05, 0.1) is 10.6 Å². The van der Waals surface area contributed by atoms with Gasteiger partial charge in [-0.3, -0.25) is 4.31 Å². The van der Waals surface area contributed by atoms with E-state index in [1.54, 1.807) is 30.3 Å². The van der Waals surface area contributed by atoms with Gasteiger partial charge in [0.1, 0.15) is 5.75 Å². The molecule has 21 heavy (non-hydrogen) atoms. The van der Waals surface area contributed by atoms with E-state index in [4.69, 9.17) is 0 Å². The molecule has 110 valence electrons. The van der Waals surface area contributed by atoms with Crippen LogP contribution in [-0.4, -0.2) is 20.1 Å². The number of hydrogen-bond donors (Lipinski definition) is 1. The number of aryl methyl sites for hydroxylation is 1. The Kier molecular flexibility index (Phi) is 3.17. The summed E-state index contributed by atoms with van der Waals surface area (Å²) in [5.41, 5.74) is 2.28. The van der Waals surface area contributed by atoms with E-state index in [0.717, 1.165) is 11.1 Å². The van der Waals surface area contributed by atoms with Crippen LogP contribution in [0.3, 0.4) is 0 Å². The fourth-order valence-electron chi connectivity index (χ4n) is 2.71. The average Bonchev–Trinajstić information content (AvgIpc) is 2.79. The van der Waals surface area contributed by atoms with E-state index in [1.165, 1.54) is 10.4 Å². The summed E-state index contributed by atoms with van der Waals surface area (Å²) in [6, 6.07) is 11.9. The third-order valence-corrected chi connectivity index (χ3v) is 5.65. The van der Waals surface area contributed by atoms with E-state index in [-0.39, 0.29) is 16.6 Å². The molecule has 0 radical (unpaired) electrons. The molecule has 0 unspecified atom stereocenters. The number of sulfonamides is 1. The second kappa shape index (κ2) is 4.77. The highest BCUT2D eigenvalue weighted by Crippen LogP contribution is 2.44. The number of benzene rings is 2. The number of rotatable bonds is 2. The topological polar surface area (TPSA) is 57.6 Å². The maximum absolute atomic E-state index is 12.8. The predicted molar refractivity (Wildman–Crippen MR) is 82.2 cm³/mol. The molecule has 0 spiro atoms. The predicted octanol–water partition coefficient (Wildman–Crippen LogP) is 3.01. The van der Waals surface area contributed by atoms with Gasteiger partial charge in [0.2, 0.25) is 0 Å². The maximum Gasteiger partial charge on any atom is 0.264 e. The molecule has 0 saturated carbocycles. The van der Waals surface area contributed by atoms with E-state index < -0.39 is 10.0 Å². The first-order valence-electron chi connectivity index (χ1n) is 6.82. The quantitative estimate of drug-likeness (QED) is 0.928. The molecule has 0 aliphatic carbocycles. The summed E-state index contributed by atoms with van der Waals surface area (Å²) in [6.07, 6.45) is 0. The number of fused-ring (bicyclic) bond motifs is 1. The Balaban J connectivity index is 2.12. The molecule has 0 aromatic heterocycles. The highest BCUT2D eigenvalue weighted by Gasteiger charge is 2.36. The summed E-state index contributed by atoms with van der Waals surface area (Å²) < 4.78 is 27.0. The molecule has 1 heterocycles. The first-order chi connectivity index (χ1) is 9.91. The molecule has 1 N–H and O–H groups in total. The Bertz CT molecular complexity index is 782. The molecule has 0 fully saturated rings. The molecule has 2 aromatic rings. The molecule has 3 rings (SSSR count). The van der Waals surface area contributed by atoms with Crippen LogP contribution in [0, 0.1) is 6.92 Å². The van der Waals surface area contributed by atoms with Crippen LogP contribution >= 0.6 is 0 Å². The van der Waals surface area contributed by atoms with Crippen LogP contribution in [0.2, 0.25) is 0 Å². The number of phenolic OH excluding ortho intramolecular Hbond substituents is 1. The Morgan fingerprint density at radius 3 is 2.48 bits per heavy atom. The summed E-state index contributed by atoms with van der Waals surface area (Å²) in [5, 5.41) is 10.1. The van der Waals surface area contributed by atoms with Crippen LogP contribution in [0.25, 0.3) is 0 Å². The molecule has 1 atom stereocenters. The van der Waals surface area contributed by atoms with Crippen LogP contribution < -0.4 is 4.31 Å². The van der Waals surface area contributed by atoms with Crippen molar-refractivity contribution in [3.8, 4) is 5.75 Å². The van der Waals surface area contributed by atoms with Crippen molar-refractivity contribution in [2.45, 2.75) is 24.7 Å². The minimum absolute atomic E-state index is 0.00698. The second-order valence-corrected chi connectivity index (χ2v) is 7.33. The molecule has 0 saturated heterocycles. The zero-order chi connectivity index (χ0) is 15.2. The van der Waals surface area contributed by atoms with E-state index in [0.29, 0.717) is 12.2 Å². The Morgan fingerprint density at radius 1 is 1.14 bits per heavy atom. The fraction of sp³-hybridized carbons (Fsp3) is 0.250. The van der Waals surface area contributed by atoms with Crippen molar-refractivity contribution in [3.05, 3.63) is 53.6 Å². The van der Waals surface area contributed by atoms with Crippen molar-refractivity contribution in [1.82, 2.24) is 0 Å². The van der Waals surface area contributed by atoms with Crippen molar-refractivity contribution in [3.63, 3.8) is 0 Å². The van der Waals surface area contributed by atoms with Crippen LogP contribution in [0.1, 0.15) is 24.0 Å². The number of phenols is 1. The number of nitrogens with zero attached hydrogens (tertiary/aromatic N) is 1. The van der Waals surface area contributed by atoms with Gasteiger partial charge in [0.15, 0.2) is 0 Å². The van der Waals surface area contributed by atoms with Crippen molar-refractivity contribution in [2.75, 3.05) is 10.8 Å². The molecular formula is C16H17NO3S. The first kappa shape index (κ1) is 13.9. The minimum atomic E-state index is -3.65. The molecule has 1 aliphatic rings. The monoisotopic (exact) mass is 303 g/mol. The van der Waals surface area contributed by atoms with Gasteiger partial charge in [-0.2, -0.15) is 0 Å². The molecule has 0 amide bonds. The van der Waals surface area contributed by atoms with Crippen LogP contribution in [0.15, 0.2) is 47.4 Å². The number of para-hydroxylation sites is 1. The van der Waals surface area contributed by atoms with Crippen molar-refractivity contribution >= 4 is 15.7 Å². The lowest BCUT2D eigenvalue weighted by Crippen LogP contribution is -2.29. The standard InChI is InChI=1S/C16H17NO3S/c1-11-6-8-13(9-7-11)21(19,20)17-10-12(2)14-4-3-5-15(18)16(14)17/h3-9,12,18H,10H2,1-2H3/t12-/m1/s1. The van der Waals surface area contributed by atoms with Crippen LogP contribution in [-0.2, 0) is 10.0 Å². The van der Waals surface area contributed by atoms with Gasteiger partial charge in [-0.1, -0.05) is 36.8 Å². The van der Waals surface area contributed by atoms with E-state index in [9.17, 15) is 13.5 Å². The van der Waals surface area contributed by atoms with E-state index in [2.05, 4.69) is 0 Å². The third kappa shape index (κ3) is 2.17. The van der Waals surface area contributed by atoms with Gasteiger partial charge < -0.3 is 5.11 Å². The first-order valence-corrected chi connectivity index (χ1v) is 8.26. The molecule has 1 aliphatic heterocycles. The summed E-state index contributed by atoms with van der Waals surface area (Å²) >= 11 is 0. The summed E-state index contributed by atoms with van der Waals surface area (Å²) in [6.45, 7) is 4.22. The van der Waals surface area contributed by atoms with E-state index in [1.807, 2.05) is 19.9 Å². The number of anilines is 1. The largest absolute Gasteiger partial charge is 0.506 e. The molecule has 4 nitrogen and oxygen atoms in total. The fourth-order valence-corrected chi connectivity index (χ4v) is 4.31. The van der Waals surface area contributed by atoms with Gasteiger partial charge in [-0.15, -0.1) is 0 Å². The zero-order valence-corrected chi connectivity index (χ0v) is 12.8. The van der Waals surface area contributed by atoms with E-state index >= 15 is 0 Å². The van der Waals surface area contributed by atoms with Gasteiger partial charge in [0.25, 0.3) is 10.0 Å². The Labute approximate surface area is 124 Å². The molecular weight excluding hydrogens is 286 g/mol. The van der Waals surface area contributed by atoms with Crippen LogP contribution in [0.4, 0.5) is 5.69 Å². The van der Waals surface area contributed by atoms with Crippen molar-refractivity contribution in [1.29, 1.82) is 0 Å². The van der Waals surface area contributed by atoms with Crippen LogP contribution in [0.5, 0.6) is 5.75 Å². The van der Waals surface area contributed by atoms with Gasteiger partial charge >= 0.3 is 0 Å². The normalized spacial score (nSPS) is 17.8. The highest BCUT2D eigenvalue weighted by molar-refractivity contribution is 7.92. The average molecular weight is 303 g/mol.